The Hall–Kier alpha value is -2.74. The van der Waals surface area contributed by atoms with E-state index in [1.807, 2.05) is 0 Å². The Kier molecular flexibility index (Phi) is 7.83. The molecule has 0 spiro atoms. The van der Waals surface area contributed by atoms with Crippen LogP contribution in [0.15, 0.2) is 52.9 Å². The average Bonchev–Trinajstić information content (AvgIpc) is 3.33. The van der Waals surface area contributed by atoms with Gasteiger partial charge in [0.05, 0.1) is 6.54 Å². The summed E-state index contributed by atoms with van der Waals surface area (Å²) >= 11 is 6.90. The van der Waals surface area contributed by atoms with Crippen molar-refractivity contribution >= 4 is 44.8 Å². The Morgan fingerprint density at radius 1 is 1.11 bits per heavy atom. The zero-order chi connectivity index (χ0) is 25.9. The van der Waals surface area contributed by atoms with Gasteiger partial charge in [-0.1, -0.05) is 11.6 Å². The average molecular weight is 560 g/mol. The largest absolute Gasteiger partial charge is 0.433 e. The number of halogens is 4. The fraction of sp³-hybridized carbons (Fsp3) is 0.318. The number of carbonyl (C=O) groups is 1. The summed E-state index contributed by atoms with van der Waals surface area (Å²) in [5.41, 5.74) is -0.603. The second-order valence-corrected chi connectivity index (χ2v) is 11.8. The summed E-state index contributed by atoms with van der Waals surface area (Å²) in [6.45, 7) is 0.559. The molecular formula is C22H21ClF3N5O3S2. The van der Waals surface area contributed by atoms with Gasteiger partial charge in [-0.3, -0.25) is 4.79 Å². The summed E-state index contributed by atoms with van der Waals surface area (Å²) in [7, 11) is -3.74. The number of nitrogens with one attached hydrogen (secondary N) is 2. The zero-order valence-corrected chi connectivity index (χ0v) is 21.0. The SMILES string of the molecule is O=C(NCc1ccc(S(=O)(=O)N2CCC(Nc3nccc(C(F)(F)F)n3)CC2)s1)c1ccc(Cl)cc1. The van der Waals surface area contributed by atoms with Gasteiger partial charge in [0.25, 0.3) is 15.9 Å². The molecule has 1 amide bonds. The Morgan fingerprint density at radius 2 is 1.81 bits per heavy atom. The quantitative estimate of drug-likeness (QED) is 0.444. The predicted molar refractivity (Wildman–Crippen MR) is 129 cm³/mol. The molecule has 2 N–H and O–H groups in total. The van der Waals surface area contributed by atoms with Crippen molar-refractivity contribution in [2.45, 2.75) is 35.8 Å². The molecule has 0 atom stereocenters. The predicted octanol–water partition coefficient (Wildman–Crippen LogP) is 4.41. The highest BCUT2D eigenvalue weighted by atomic mass is 35.5. The van der Waals surface area contributed by atoms with Crippen LogP contribution in [0, 0.1) is 0 Å². The van der Waals surface area contributed by atoms with Crippen molar-refractivity contribution in [1.29, 1.82) is 0 Å². The lowest BCUT2D eigenvalue weighted by molar-refractivity contribution is -0.141. The highest BCUT2D eigenvalue weighted by molar-refractivity contribution is 7.91. The molecule has 1 saturated heterocycles. The first kappa shape index (κ1) is 26.3. The number of anilines is 1. The van der Waals surface area contributed by atoms with Gasteiger partial charge in [0, 0.05) is 40.8 Å². The molecule has 36 heavy (non-hydrogen) atoms. The number of piperidine rings is 1. The normalized spacial score (nSPS) is 15.6. The van der Waals surface area contributed by atoms with Crippen LogP contribution in [0.4, 0.5) is 19.1 Å². The molecular weight excluding hydrogens is 539 g/mol. The molecule has 0 radical (unpaired) electrons. The number of hydrogen-bond acceptors (Lipinski definition) is 7. The Morgan fingerprint density at radius 3 is 2.47 bits per heavy atom. The fourth-order valence-electron chi connectivity index (χ4n) is 3.60. The van der Waals surface area contributed by atoms with Crippen LogP contribution >= 0.6 is 22.9 Å². The first-order valence-electron chi connectivity index (χ1n) is 10.8. The molecule has 8 nitrogen and oxygen atoms in total. The van der Waals surface area contributed by atoms with E-state index >= 15 is 0 Å². The minimum absolute atomic E-state index is 0.144. The van der Waals surface area contributed by atoms with Crippen molar-refractivity contribution in [3.8, 4) is 0 Å². The number of aromatic nitrogens is 2. The van der Waals surface area contributed by atoms with E-state index in [0.29, 0.717) is 28.3 Å². The third-order valence-corrected chi connectivity index (χ3v) is 9.20. The van der Waals surface area contributed by atoms with Crippen molar-refractivity contribution in [2.24, 2.45) is 0 Å². The second-order valence-electron chi connectivity index (χ2n) is 8.00. The minimum Gasteiger partial charge on any atom is -0.351 e. The van der Waals surface area contributed by atoms with E-state index in [9.17, 15) is 26.4 Å². The Bertz CT molecular complexity index is 1330. The number of carbonyl (C=O) groups excluding carboxylic acids is 1. The maximum atomic E-state index is 13.1. The van der Waals surface area contributed by atoms with E-state index < -0.39 is 21.9 Å². The maximum absolute atomic E-state index is 13.1. The second kappa shape index (κ2) is 10.7. The van der Waals surface area contributed by atoms with E-state index in [0.717, 1.165) is 23.6 Å². The van der Waals surface area contributed by atoms with Gasteiger partial charge in [-0.2, -0.15) is 17.5 Å². The van der Waals surface area contributed by atoms with E-state index in [1.165, 1.54) is 10.4 Å². The van der Waals surface area contributed by atoms with Crippen LogP contribution in [0.25, 0.3) is 0 Å². The molecule has 0 aliphatic carbocycles. The monoisotopic (exact) mass is 559 g/mol. The van der Waals surface area contributed by atoms with Crippen LogP contribution < -0.4 is 10.6 Å². The maximum Gasteiger partial charge on any atom is 0.433 e. The zero-order valence-electron chi connectivity index (χ0n) is 18.6. The van der Waals surface area contributed by atoms with Gasteiger partial charge in [0.15, 0.2) is 0 Å². The number of hydrogen-bond donors (Lipinski definition) is 2. The molecule has 1 fully saturated rings. The molecule has 1 aliphatic rings. The molecule has 0 saturated carbocycles. The van der Waals surface area contributed by atoms with E-state index in [4.69, 9.17) is 11.6 Å². The molecule has 4 rings (SSSR count). The first-order chi connectivity index (χ1) is 17.0. The molecule has 0 bridgehead atoms. The standard InChI is InChI=1S/C22H21ClF3N5O3S2/c23-15-3-1-14(2-4-15)20(32)28-13-17-5-6-19(35-17)36(33,34)31-11-8-16(9-12-31)29-21-27-10-7-18(30-21)22(24,25)26/h1-7,10,16H,8-9,11-13H2,(H,28,32)(H,27,29,30). The van der Waals surface area contributed by atoms with Crippen molar-refractivity contribution in [3.05, 3.63) is 69.8 Å². The van der Waals surface area contributed by atoms with Crippen molar-refractivity contribution < 1.29 is 26.4 Å². The summed E-state index contributed by atoms with van der Waals surface area (Å²) in [6, 6.07) is 10.1. The lowest BCUT2D eigenvalue weighted by Crippen LogP contribution is -2.42. The van der Waals surface area contributed by atoms with Crippen molar-refractivity contribution in [1.82, 2.24) is 19.6 Å². The molecule has 2 aromatic heterocycles. The number of alkyl halides is 3. The Balaban J connectivity index is 1.31. The lowest BCUT2D eigenvalue weighted by Gasteiger charge is -2.31. The smallest absolute Gasteiger partial charge is 0.351 e. The van der Waals surface area contributed by atoms with Gasteiger partial charge in [0.2, 0.25) is 5.95 Å². The van der Waals surface area contributed by atoms with Gasteiger partial charge >= 0.3 is 6.18 Å². The molecule has 3 aromatic rings. The molecule has 1 aliphatic heterocycles. The highest BCUT2D eigenvalue weighted by Gasteiger charge is 2.34. The first-order valence-corrected chi connectivity index (χ1v) is 13.5. The van der Waals surface area contributed by atoms with Gasteiger partial charge < -0.3 is 10.6 Å². The summed E-state index contributed by atoms with van der Waals surface area (Å²) in [5, 5.41) is 6.13. The van der Waals surface area contributed by atoms with Gasteiger partial charge in [-0.25, -0.2) is 18.4 Å². The summed E-state index contributed by atoms with van der Waals surface area (Å²) in [6.07, 6.45) is -2.78. The summed E-state index contributed by atoms with van der Waals surface area (Å²) in [4.78, 5) is 20.3. The number of sulfonamides is 1. The van der Waals surface area contributed by atoms with E-state index in [1.54, 1.807) is 30.3 Å². The van der Waals surface area contributed by atoms with Gasteiger partial charge in [-0.15, -0.1) is 11.3 Å². The highest BCUT2D eigenvalue weighted by Crippen LogP contribution is 2.29. The number of amides is 1. The Labute approximate surface area is 214 Å². The van der Waals surface area contributed by atoms with Crippen molar-refractivity contribution in [3.63, 3.8) is 0 Å². The molecule has 1 aromatic carbocycles. The molecule has 192 valence electrons. The number of thiophene rings is 1. The number of nitrogens with zero attached hydrogens (tertiary/aromatic N) is 3. The third kappa shape index (κ3) is 6.33. The van der Waals surface area contributed by atoms with Gasteiger partial charge in [-0.05, 0) is 55.3 Å². The van der Waals surface area contributed by atoms with Gasteiger partial charge in [0.1, 0.15) is 9.90 Å². The summed E-state index contributed by atoms with van der Waals surface area (Å²) < 4.78 is 66.2. The van der Waals surface area contributed by atoms with Crippen molar-refractivity contribution in [2.75, 3.05) is 18.4 Å². The summed E-state index contributed by atoms with van der Waals surface area (Å²) in [5.74, 6) is -0.446. The topological polar surface area (TPSA) is 104 Å². The van der Waals surface area contributed by atoms with Crippen LogP contribution in [0.2, 0.25) is 5.02 Å². The van der Waals surface area contributed by atoms with E-state index in [2.05, 4.69) is 20.6 Å². The molecule has 14 heteroatoms. The minimum atomic E-state index is -4.57. The van der Waals surface area contributed by atoms with Crippen LogP contribution in [-0.4, -0.2) is 47.7 Å². The van der Waals surface area contributed by atoms with Crippen LogP contribution in [-0.2, 0) is 22.7 Å². The van der Waals surface area contributed by atoms with Crippen LogP contribution in [0.1, 0.15) is 33.8 Å². The molecule has 0 unspecified atom stereocenters. The third-order valence-electron chi connectivity index (χ3n) is 5.49. The number of rotatable bonds is 7. The number of benzene rings is 1. The van der Waals surface area contributed by atoms with Crippen LogP contribution in [0.3, 0.4) is 0 Å². The molecule has 3 heterocycles. The lowest BCUT2D eigenvalue weighted by atomic mass is 10.1. The van der Waals surface area contributed by atoms with E-state index in [-0.39, 0.29) is 41.7 Å². The van der Waals surface area contributed by atoms with Crippen LogP contribution in [0.5, 0.6) is 0 Å². The fourth-order valence-corrected chi connectivity index (χ4v) is 6.64.